The van der Waals surface area contributed by atoms with Gasteiger partial charge in [-0.15, -0.1) is 0 Å². The molecule has 0 bridgehead atoms. The molecule has 0 spiro atoms. The van der Waals surface area contributed by atoms with Gasteiger partial charge in [-0.3, -0.25) is 0 Å². The lowest BCUT2D eigenvalue weighted by molar-refractivity contribution is 0.322. The van der Waals surface area contributed by atoms with Crippen LogP contribution < -0.4 is 11.1 Å². The number of hydrogen-bond donors (Lipinski definition) is 2. The quantitative estimate of drug-likeness (QED) is 0.816. The maximum Gasteiger partial charge on any atom is 0.122 e. The zero-order valence-electron chi connectivity index (χ0n) is 12.1. The molecule has 2 aliphatic heterocycles. The molecule has 7 heteroatoms. The molecule has 23 heavy (non-hydrogen) atoms. The van der Waals surface area contributed by atoms with Crippen molar-refractivity contribution in [3.05, 3.63) is 56.6 Å². The van der Waals surface area contributed by atoms with Gasteiger partial charge >= 0.3 is 0 Å². The molecule has 0 unspecified atom stereocenters. The standard InChI is InChI=1S/C16H13Cl2N5/c17-11-3-1-4-12(18)14(11)13-9(7-19)15(21)23-6-2-5-22-16(23)10(13)8-20/h1,3-4,13,22H,2,5-6,21H2/t13-/m0/s1. The number of nitrogens with zero attached hydrogens (tertiary/aromatic N) is 3. The van der Waals surface area contributed by atoms with Crippen LogP contribution in [-0.2, 0) is 0 Å². The fourth-order valence-corrected chi connectivity index (χ4v) is 3.64. The van der Waals surface area contributed by atoms with Gasteiger partial charge in [0.25, 0.3) is 0 Å². The lowest BCUT2D eigenvalue weighted by Crippen LogP contribution is -2.45. The molecule has 0 radical (unpaired) electrons. The number of nitrogens with two attached hydrogens (primary N) is 1. The van der Waals surface area contributed by atoms with E-state index >= 15 is 0 Å². The van der Waals surface area contributed by atoms with Crippen LogP contribution in [-0.4, -0.2) is 18.0 Å². The molecule has 3 rings (SSSR count). The molecule has 0 aromatic heterocycles. The molecule has 2 heterocycles. The smallest absolute Gasteiger partial charge is 0.122 e. The number of fused-ring (bicyclic) bond motifs is 1. The fraction of sp³-hybridized carbons (Fsp3) is 0.250. The van der Waals surface area contributed by atoms with Gasteiger partial charge < -0.3 is 16.0 Å². The monoisotopic (exact) mass is 345 g/mol. The topological polar surface area (TPSA) is 88.9 Å². The van der Waals surface area contributed by atoms with Crippen LogP contribution in [0.2, 0.25) is 10.0 Å². The molecule has 2 aliphatic rings. The van der Waals surface area contributed by atoms with Gasteiger partial charge in [-0.05, 0) is 18.6 Å². The third-order valence-electron chi connectivity index (χ3n) is 4.05. The maximum atomic E-state index is 9.71. The molecular formula is C16H13Cl2N5. The molecule has 0 aliphatic carbocycles. The Labute approximate surface area is 144 Å². The van der Waals surface area contributed by atoms with Crippen molar-refractivity contribution in [1.29, 1.82) is 10.5 Å². The van der Waals surface area contributed by atoms with Crippen molar-refractivity contribution in [3.8, 4) is 12.1 Å². The normalized spacial score (nSPS) is 20.5. The Morgan fingerprint density at radius 2 is 1.83 bits per heavy atom. The third kappa shape index (κ3) is 2.39. The first-order chi connectivity index (χ1) is 11.1. The molecule has 1 atom stereocenters. The Balaban J connectivity index is 2.29. The third-order valence-corrected chi connectivity index (χ3v) is 4.71. The van der Waals surface area contributed by atoms with Gasteiger partial charge in [0.1, 0.15) is 11.6 Å². The molecule has 1 aromatic carbocycles. The highest BCUT2D eigenvalue weighted by atomic mass is 35.5. The Kier molecular flexibility index (Phi) is 4.09. The van der Waals surface area contributed by atoms with Crippen molar-refractivity contribution >= 4 is 23.2 Å². The molecule has 3 N–H and O–H groups in total. The van der Waals surface area contributed by atoms with Gasteiger partial charge in [0, 0.05) is 28.7 Å². The van der Waals surface area contributed by atoms with Crippen molar-refractivity contribution < 1.29 is 0 Å². The van der Waals surface area contributed by atoms with Crippen LogP contribution in [0.4, 0.5) is 0 Å². The Morgan fingerprint density at radius 3 is 2.43 bits per heavy atom. The van der Waals surface area contributed by atoms with E-state index in [1.807, 2.05) is 0 Å². The molecule has 0 amide bonds. The molecule has 1 saturated heterocycles. The maximum absolute atomic E-state index is 9.71. The summed E-state index contributed by atoms with van der Waals surface area (Å²) in [5.41, 5.74) is 7.44. The minimum atomic E-state index is -0.664. The van der Waals surface area contributed by atoms with Gasteiger partial charge in [-0.25, -0.2) is 0 Å². The van der Waals surface area contributed by atoms with E-state index in [0.717, 1.165) is 13.0 Å². The molecule has 116 valence electrons. The van der Waals surface area contributed by atoms with Gasteiger partial charge in [0.2, 0.25) is 0 Å². The van der Waals surface area contributed by atoms with Gasteiger partial charge in [0.05, 0.1) is 29.2 Å². The van der Waals surface area contributed by atoms with Crippen molar-refractivity contribution in [2.24, 2.45) is 5.73 Å². The van der Waals surface area contributed by atoms with Crippen molar-refractivity contribution in [3.63, 3.8) is 0 Å². The van der Waals surface area contributed by atoms with Crippen molar-refractivity contribution in [2.45, 2.75) is 12.3 Å². The summed E-state index contributed by atoms with van der Waals surface area (Å²) in [5, 5.41) is 23.4. The summed E-state index contributed by atoms with van der Waals surface area (Å²) < 4.78 is 0. The average Bonchev–Trinajstić information content (AvgIpc) is 2.55. The summed E-state index contributed by atoms with van der Waals surface area (Å²) in [6.07, 6.45) is 0.874. The fourth-order valence-electron chi connectivity index (χ4n) is 3.02. The number of rotatable bonds is 1. The van der Waals surface area contributed by atoms with Crippen LogP contribution in [0, 0.1) is 22.7 Å². The van der Waals surface area contributed by atoms with Crippen LogP contribution in [0.15, 0.2) is 41.0 Å². The highest BCUT2D eigenvalue weighted by Gasteiger charge is 2.38. The summed E-state index contributed by atoms with van der Waals surface area (Å²) >= 11 is 12.6. The second-order valence-corrected chi connectivity index (χ2v) is 6.10. The SMILES string of the molecule is N#CC1=C(N)N2CCCNC2=C(C#N)[C@H]1c1c(Cl)cccc1Cl. The summed E-state index contributed by atoms with van der Waals surface area (Å²) in [4.78, 5) is 1.78. The first-order valence-electron chi connectivity index (χ1n) is 7.09. The second kappa shape index (κ2) is 6.04. The van der Waals surface area contributed by atoms with Crippen LogP contribution in [0.5, 0.6) is 0 Å². The number of nitrogens with one attached hydrogen (secondary N) is 1. The highest BCUT2D eigenvalue weighted by Crippen LogP contribution is 2.44. The van der Waals surface area contributed by atoms with E-state index in [0.29, 0.717) is 44.9 Å². The number of hydrogen-bond acceptors (Lipinski definition) is 5. The molecule has 1 aromatic rings. The number of benzene rings is 1. The van der Waals surface area contributed by atoms with Crippen molar-refractivity contribution in [2.75, 3.05) is 13.1 Å². The average molecular weight is 346 g/mol. The zero-order valence-corrected chi connectivity index (χ0v) is 13.6. The molecule has 1 fully saturated rings. The van der Waals surface area contributed by atoms with Gasteiger partial charge in [-0.2, -0.15) is 10.5 Å². The van der Waals surface area contributed by atoms with E-state index in [4.69, 9.17) is 28.9 Å². The Bertz CT molecular complexity index is 792. The van der Waals surface area contributed by atoms with E-state index < -0.39 is 5.92 Å². The Morgan fingerprint density at radius 1 is 1.17 bits per heavy atom. The summed E-state index contributed by atoms with van der Waals surface area (Å²) in [5.74, 6) is 0.314. The first kappa shape index (κ1) is 15.6. The van der Waals surface area contributed by atoms with Gasteiger partial charge in [-0.1, -0.05) is 29.3 Å². The molecular weight excluding hydrogens is 333 g/mol. The summed E-state index contributed by atoms with van der Waals surface area (Å²) in [6, 6.07) is 9.45. The lowest BCUT2D eigenvalue weighted by atomic mass is 9.82. The predicted octanol–water partition coefficient (Wildman–Crippen LogP) is 2.81. The van der Waals surface area contributed by atoms with E-state index in [1.165, 1.54) is 0 Å². The number of halogens is 2. The van der Waals surface area contributed by atoms with Crippen molar-refractivity contribution in [1.82, 2.24) is 10.2 Å². The van der Waals surface area contributed by atoms with Crippen LogP contribution in [0.25, 0.3) is 0 Å². The minimum Gasteiger partial charge on any atom is -0.384 e. The van der Waals surface area contributed by atoms with E-state index in [2.05, 4.69) is 17.5 Å². The molecule has 0 saturated carbocycles. The lowest BCUT2D eigenvalue weighted by Gasteiger charge is -2.39. The van der Waals surface area contributed by atoms with Crippen LogP contribution in [0.1, 0.15) is 17.9 Å². The van der Waals surface area contributed by atoms with E-state index in [9.17, 15) is 10.5 Å². The first-order valence-corrected chi connectivity index (χ1v) is 7.85. The Hall–Kier alpha value is -2.34. The number of nitriles is 2. The van der Waals surface area contributed by atoms with Crippen LogP contribution in [0.3, 0.4) is 0 Å². The second-order valence-electron chi connectivity index (χ2n) is 5.29. The highest BCUT2D eigenvalue weighted by molar-refractivity contribution is 6.36. The van der Waals surface area contributed by atoms with Crippen LogP contribution >= 0.6 is 23.2 Å². The van der Waals surface area contributed by atoms with E-state index in [1.54, 1.807) is 23.1 Å². The minimum absolute atomic E-state index is 0.295. The zero-order chi connectivity index (χ0) is 16.6. The predicted molar refractivity (Wildman–Crippen MR) is 88.0 cm³/mol. The largest absolute Gasteiger partial charge is 0.384 e. The van der Waals surface area contributed by atoms with Gasteiger partial charge in [0.15, 0.2) is 0 Å². The number of allylic oxidation sites excluding steroid dienone is 2. The summed E-state index contributed by atoms with van der Waals surface area (Å²) in [6.45, 7) is 1.41. The molecule has 5 nitrogen and oxygen atoms in total. The van der Waals surface area contributed by atoms with E-state index in [-0.39, 0.29) is 0 Å². The summed E-state index contributed by atoms with van der Waals surface area (Å²) in [7, 11) is 0.